The molecule has 0 unspecified atom stereocenters. The zero-order chi connectivity index (χ0) is 23.6. The Kier molecular flexibility index (Phi) is 8.75. The predicted octanol–water partition coefficient (Wildman–Crippen LogP) is 4.33. The second kappa shape index (κ2) is 11.9. The van der Waals surface area contributed by atoms with Gasteiger partial charge in [-0.15, -0.1) is 0 Å². The Balaban J connectivity index is 1.46. The Bertz CT molecular complexity index is 1100. The summed E-state index contributed by atoms with van der Waals surface area (Å²) in [5, 5.41) is 15.3. The first-order chi connectivity index (χ1) is 15.9. The summed E-state index contributed by atoms with van der Waals surface area (Å²) >= 11 is 5.96. The molecule has 3 aromatic rings. The van der Waals surface area contributed by atoms with Gasteiger partial charge in [-0.2, -0.15) is 0 Å². The molecule has 0 bridgehead atoms. The maximum Gasteiger partial charge on any atom is 0.320 e. The summed E-state index contributed by atoms with van der Waals surface area (Å²) in [6.45, 7) is 0.422. The zero-order valence-electron chi connectivity index (χ0n) is 18.0. The minimum Gasteiger partial charge on any atom is -0.480 e. The van der Waals surface area contributed by atoms with Crippen LogP contribution in [0.3, 0.4) is 0 Å². The summed E-state index contributed by atoms with van der Waals surface area (Å²) in [6.07, 6.45) is 0.583. The molecule has 0 radical (unpaired) electrons. The van der Waals surface area contributed by atoms with Gasteiger partial charge in [0.25, 0.3) is 5.91 Å². The van der Waals surface area contributed by atoms with E-state index >= 15 is 0 Å². The summed E-state index contributed by atoms with van der Waals surface area (Å²) < 4.78 is 0. The van der Waals surface area contributed by atoms with Crippen LogP contribution in [0.1, 0.15) is 28.8 Å². The van der Waals surface area contributed by atoms with Gasteiger partial charge in [0.2, 0.25) is 5.91 Å². The average molecular weight is 465 g/mol. The number of rotatable bonds is 10. The molecule has 0 fully saturated rings. The van der Waals surface area contributed by atoms with Gasteiger partial charge in [-0.25, -0.2) is 0 Å². The number of hydrogen-bond donors (Lipinski definition) is 3. The highest BCUT2D eigenvalue weighted by Crippen LogP contribution is 2.19. The number of carboxylic acids is 1. The van der Waals surface area contributed by atoms with Crippen LogP contribution in [0.4, 0.5) is 0 Å². The van der Waals surface area contributed by atoms with Crippen molar-refractivity contribution in [3.05, 3.63) is 95.0 Å². The number of amides is 2. The number of carbonyl (C=O) groups excluding carboxylic acids is 2. The van der Waals surface area contributed by atoms with E-state index in [1.807, 2.05) is 60.7 Å². The van der Waals surface area contributed by atoms with Crippen LogP contribution in [0.5, 0.6) is 0 Å². The normalized spacial score (nSPS) is 11.5. The molecule has 3 N–H and O–H groups in total. The monoisotopic (exact) mass is 464 g/mol. The first-order valence-corrected chi connectivity index (χ1v) is 11.0. The molecule has 0 aliphatic carbocycles. The Labute approximate surface area is 197 Å². The molecule has 0 aromatic heterocycles. The van der Waals surface area contributed by atoms with E-state index in [1.165, 1.54) is 0 Å². The van der Waals surface area contributed by atoms with E-state index in [2.05, 4.69) is 10.6 Å². The number of carboxylic acid groups (broad SMARTS) is 1. The fourth-order valence-electron chi connectivity index (χ4n) is 3.38. The van der Waals surface area contributed by atoms with Crippen molar-refractivity contribution in [3.8, 4) is 11.1 Å². The van der Waals surface area contributed by atoms with Crippen molar-refractivity contribution in [2.24, 2.45) is 0 Å². The SMILES string of the molecule is O=C(CC[C@H](NCCc1cccc(Cl)c1)C(=O)O)NC(=O)c1ccc(-c2ccccc2)cc1. The number of imide groups is 1. The van der Waals surface area contributed by atoms with Crippen molar-refractivity contribution in [2.45, 2.75) is 25.3 Å². The van der Waals surface area contributed by atoms with Gasteiger partial charge in [-0.1, -0.05) is 66.2 Å². The Morgan fingerprint density at radius 3 is 2.24 bits per heavy atom. The Hall–Kier alpha value is -3.48. The van der Waals surface area contributed by atoms with Gasteiger partial charge in [0.15, 0.2) is 0 Å². The molecule has 3 rings (SSSR count). The van der Waals surface area contributed by atoms with Gasteiger partial charge < -0.3 is 10.4 Å². The number of aliphatic carboxylic acids is 1. The summed E-state index contributed by atoms with van der Waals surface area (Å²) in [6, 6.07) is 23.1. The molecule has 6 nitrogen and oxygen atoms in total. The third-order valence-corrected chi connectivity index (χ3v) is 5.39. The van der Waals surface area contributed by atoms with Crippen LogP contribution in [-0.4, -0.2) is 35.5 Å². The van der Waals surface area contributed by atoms with Crippen molar-refractivity contribution in [3.63, 3.8) is 0 Å². The molecule has 7 heteroatoms. The van der Waals surface area contributed by atoms with Gasteiger partial charge in [0.05, 0.1) is 0 Å². The molecule has 0 spiro atoms. The molecular weight excluding hydrogens is 440 g/mol. The van der Waals surface area contributed by atoms with E-state index in [1.54, 1.807) is 18.2 Å². The second-order valence-corrected chi connectivity index (χ2v) is 8.02. The lowest BCUT2D eigenvalue weighted by atomic mass is 10.0. The van der Waals surface area contributed by atoms with Crippen LogP contribution in [0, 0.1) is 0 Å². The van der Waals surface area contributed by atoms with Crippen molar-refractivity contribution in [1.82, 2.24) is 10.6 Å². The van der Waals surface area contributed by atoms with Gasteiger partial charge in [0, 0.05) is 17.0 Å². The Morgan fingerprint density at radius 1 is 0.879 bits per heavy atom. The zero-order valence-corrected chi connectivity index (χ0v) is 18.7. The first kappa shape index (κ1) is 24.2. The lowest BCUT2D eigenvalue weighted by Gasteiger charge is -2.14. The number of hydrogen-bond acceptors (Lipinski definition) is 4. The molecule has 0 saturated heterocycles. The minimum absolute atomic E-state index is 0.0664. The Morgan fingerprint density at radius 2 is 1.58 bits per heavy atom. The van der Waals surface area contributed by atoms with Crippen LogP contribution < -0.4 is 10.6 Å². The van der Waals surface area contributed by atoms with E-state index in [9.17, 15) is 19.5 Å². The third-order valence-electron chi connectivity index (χ3n) is 5.16. The molecule has 33 heavy (non-hydrogen) atoms. The molecule has 170 valence electrons. The average Bonchev–Trinajstić information content (AvgIpc) is 2.81. The highest BCUT2D eigenvalue weighted by atomic mass is 35.5. The fraction of sp³-hybridized carbons (Fsp3) is 0.192. The van der Waals surface area contributed by atoms with Crippen LogP contribution in [0.25, 0.3) is 11.1 Å². The van der Waals surface area contributed by atoms with Gasteiger partial charge >= 0.3 is 5.97 Å². The van der Waals surface area contributed by atoms with Gasteiger partial charge in [-0.05, 0) is 60.3 Å². The van der Waals surface area contributed by atoms with Crippen molar-refractivity contribution >= 4 is 29.4 Å². The molecule has 3 aromatic carbocycles. The quantitative estimate of drug-likeness (QED) is 0.415. The summed E-state index contributed by atoms with van der Waals surface area (Å²) in [7, 11) is 0. The van der Waals surface area contributed by atoms with E-state index in [4.69, 9.17) is 11.6 Å². The topological polar surface area (TPSA) is 95.5 Å². The van der Waals surface area contributed by atoms with Gasteiger partial charge in [0.1, 0.15) is 6.04 Å². The standard InChI is InChI=1S/C26H25ClN2O4/c27-22-8-4-5-18(17-22)15-16-28-23(26(32)33)13-14-24(30)29-25(31)21-11-9-20(10-12-21)19-6-2-1-3-7-19/h1-12,17,23,28H,13-16H2,(H,32,33)(H,29,30,31)/t23-/m0/s1. The first-order valence-electron chi connectivity index (χ1n) is 10.6. The van der Waals surface area contributed by atoms with Crippen molar-refractivity contribution in [1.29, 1.82) is 0 Å². The maximum atomic E-state index is 12.4. The van der Waals surface area contributed by atoms with E-state index in [0.717, 1.165) is 16.7 Å². The van der Waals surface area contributed by atoms with E-state index in [-0.39, 0.29) is 12.8 Å². The highest BCUT2D eigenvalue weighted by molar-refractivity contribution is 6.30. The highest BCUT2D eigenvalue weighted by Gasteiger charge is 2.19. The molecule has 1 atom stereocenters. The van der Waals surface area contributed by atoms with Gasteiger partial charge in [-0.3, -0.25) is 19.7 Å². The molecule has 0 aliphatic heterocycles. The van der Waals surface area contributed by atoms with E-state index < -0.39 is 23.8 Å². The van der Waals surface area contributed by atoms with E-state index in [0.29, 0.717) is 23.6 Å². The number of halogens is 1. The molecule has 0 aliphatic rings. The van der Waals surface area contributed by atoms with Crippen molar-refractivity contribution < 1.29 is 19.5 Å². The molecular formula is C26H25ClN2O4. The van der Waals surface area contributed by atoms with Crippen LogP contribution in [0.2, 0.25) is 5.02 Å². The lowest BCUT2D eigenvalue weighted by Crippen LogP contribution is -2.39. The van der Waals surface area contributed by atoms with Crippen LogP contribution >= 0.6 is 11.6 Å². The minimum atomic E-state index is -1.04. The predicted molar refractivity (Wildman–Crippen MR) is 128 cm³/mol. The third kappa shape index (κ3) is 7.56. The largest absolute Gasteiger partial charge is 0.480 e. The number of carbonyl (C=O) groups is 3. The van der Waals surface area contributed by atoms with Crippen molar-refractivity contribution in [2.75, 3.05) is 6.54 Å². The smallest absolute Gasteiger partial charge is 0.320 e. The maximum absolute atomic E-state index is 12.4. The van der Waals surface area contributed by atoms with Crippen LogP contribution in [0.15, 0.2) is 78.9 Å². The lowest BCUT2D eigenvalue weighted by molar-refractivity contribution is -0.139. The summed E-state index contributed by atoms with van der Waals surface area (Å²) in [5.41, 5.74) is 3.34. The molecule has 0 saturated carbocycles. The summed E-state index contributed by atoms with van der Waals surface area (Å²) in [4.78, 5) is 36.1. The fourth-order valence-corrected chi connectivity index (χ4v) is 3.59. The second-order valence-electron chi connectivity index (χ2n) is 7.58. The molecule has 2 amide bonds. The van der Waals surface area contributed by atoms with Crippen LogP contribution in [-0.2, 0) is 16.0 Å². The summed E-state index contributed by atoms with van der Waals surface area (Å²) in [5.74, 6) is -2.08. The number of benzene rings is 3. The molecule has 0 heterocycles. The number of nitrogens with one attached hydrogen (secondary N) is 2.